The lowest BCUT2D eigenvalue weighted by Crippen LogP contribution is -2.43. The summed E-state index contributed by atoms with van der Waals surface area (Å²) in [6.45, 7) is 7.37. The molecule has 1 N–H and O–H groups in total. The Balaban J connectivity index is 1.53. The van der Waals surface area contributed by atoms with Crippen molar-refractivity contribution in [3.63, 3.8) is 0 Å². The van der Waals surface area contributed by atoms with E-state index in [1.807, 2.05) is 26.0 Å². The average Bonchev–Trinajstić information content (AvgIpc) is 3.38. The standard InChI is InChI=1S/C23H26FN3O2S/c1-16-14-18(17(2)27(16)20-7-4-3-6-19(20)24)23(28)25-15-21(22-8-5-13-30-22)26-9-11-29-12-10-26/h3-8,13-14,21H,9-12,15H2,1-2H3,(H,25,28). The molecule has 0 radical (unpaired) electrons. The molecule has 1 atom stereocenters. The lowest BCUT2D eigenvalue weighted by atomic mass is 10.1. The van der Waals surface area contributed by atoms with Crippen LogP contribution in [-0.2, 0) is 4.74 Å². The number of carbonyl (C=O) groups is 1. The van der Waals surface area contributed by atoms with E-state index in [4.69, 9.17) is 4.74 Å². The third kappa shape index (κ3) is 4.19. The first-order chi connectivity index (χ1) is 14.6. The van der Waals surface area contributed by atoms with E-state index in [0.717, 1.165) is 24.5 Å². The summed E-state index contributed by atoms with van der Waals surface area (Å²) in [5.74, 6) is -0.447. The van der Waals surface area contributed by atoms with Gasteiger partial charge in [-0.2, -0.15) is 0 Å². The Bertz CT molecular complexity index is 1010. The van der Waals surface area contributed by atoms with Crippen molar-refractivity contribution in [3.05, 3.63) is 75.5 Å². The summed E-state index contributed by atoms with van der Waals surface area (Å²) in [5.41, 5.74) is 2.58. The number of thiophene rings is 1. The van der Waals surface area contributed by atoms with E-state index in [2.05, 4.69) is 21.7 Å². The number of nitrogens with zero attached hydrogens (tertiary/aromatic N) is 2. The summed E-state index contributed by atoms with van der Waals surface area (Å²) in [7, 11) is 0. The van der Waals surface area contributed by atoms with Gasteiger partial charge in [0.25, 0.3) is 5.91 Å². The van der Waals surface area contributed by atoms with Gasteiger partial charge in [0.05, 0.1) is 30.5 Å². The topological polar surface area (TPSA) is 46.5 Å². The highest BCUT2D eigenvalue weighted by molar-refractivity contribution is 7.10. The number of morpholine rings is 1. The van der Waals surface area contributed by atoms with E-state index in [-0.39, 0.29) is 17.8 Å². The quantitative estimate of drug-likeness (QED) is 0.644. The van der Waals surface area contributed by atoms with Crippen LogP contribution in [-0.4, -0.2) is 48.2 Å². The summed E-state index contributed by atoms with van der Waals surface area (Å²) >= 11 is 1.70. The smallest absolute Gasteiger partial charge is 0.253 e. The Morgan fingerprint density at radius 2 is 1.97 bits per heavy atom. The van der Waals surface area contributed by atoms with Crippen molar-refractivity contribution in [3.8, 4) is 5.69 Å². The van der Waals surface area contributed by atoms with Crippen molar-refractivity contribution < 1.29 is 13.9 Å². The molecule has 30 heavy (non-hydrogen) atoms. The van der Waals surface area contributed by atoms with Gasteiger partial charge in [0.1, 0.15) is 5.82 Å². The van der Waals surface area contributed by atoms with Crippen LogP contribution in [0.3, 0.4) is 0 Å². The molecule has 2 aromatic heterocycles. The highest BCUT2D eigenvalue weighted by Gasteiger charge is 2.25. The molecule has 7 heteroatoms. The number of ether oxygens (including phenoxy) is 1. The second-order valence-corrected chi connectivity index (χ2v) is 8.44. The molecule has 0 spiro atoms. The lowest BCUT2D eigenvalue weighted by Gasteiger charge is -2.34. The van der Waals surface area contributed by atoms with Gasteiger partial charge in [-0.15, -0.1) is 11.3 Å². The molecular weight excluding hydrogens is 401 g/mol. The molecule has 0 bridgehead atoms. The van der Waals surface area contributed by atoms with Gasteiger partial charge < -0.3 is 14.6 Å². The van der Waals surface area contributed by atoms with E-state index >= 15 is 0 Å². The van der Waals surface area contributed by atoms with Crippen LogP contribution in [0.2, 0.25) is 0 Å². The van der Waals surface area contributed by atoms with Gasteiger partial charge in [-0.25, -0.2) is 4.39 Å². The number of carbonyl (C=O) groups excluding carboxylic acids is 1. The first kappa shape index (κ1) is 20.8. The van der Waals surface area contributed by atoms with E-state index < -0.39 is 0 Å². The number of halogens is 1. The van der Waals surface area contributed by atoms with Crippen LogP contribution in [0.4, 0.5) is 4.39 Å². The number of benzene rings is 1. The Kier molecular flexibility index (Phi) is 6.32. The molecule has 1 unspecified atom stereocenters. The Labute approximate surface area is 180 Å². The van der Waals surface area contributed by atoms with Gasteiger partial charge in [0.2, 0.25) is 0 Å². The maximum Gasteiger partial charge on any atom is 0.253 e. The van der Waals surface area contributed by atoms with E-state index in [1.54, 1.807) is 34.1 Å². The molecule has 0 saturated carbocycles. The summed E-state index contributed by atoms with van der Waals surface area (Å²) in [6.07, 6.45) is 0. The second-order valence-electron chi connectivity index (χ2n) is 7.46. The largest absolute Gasteiger partial charge is 0.379 e. The first-order valence-electron chi connectivity index (χ1n) is 10.1. The molecule has 3 aromatic rings. The van der Waals surface area contributed by atoms with Gasteiger partial charge in [0, 0.05) is 35.9 Å². The highest BCUT2D eigenvalue weighted by Crippen LogP contribution is 2.26. The molecule has 5 nitrogen and oxygen atoms in total. The Morgan fingerprint density at radius 3 is 2.67 bits per heavy atom. The highest BCUT2D eigenvalue weighted by atomic mass is 32.1. The van der Waals surface area contributed by atoms with Gasteiger partial charge in [-0.05, 0) is 43.5 Å². The van der Waals surface area contributed by atoms with Crippen molar-refractivity contribution in [1.29, 1.82) is 0 Å². The van der Waals surface area contributed by atoms with Crippen LogP contribution in [0, 0.1) is 19.7 Å². The predicted molar refractivity (Wildman–Crippen MR) is 117 cm³/mol. The van der Waals surface area contributed by atoms with E-state index in [0.29, 0.717) is 31.0 Å². The van der Waals surface area contributed by atoms with Crippen LogP contribution in [0.15, 0.2) is 47.8 Å². The molecule has 158 valence electrons. The minimum atomic E-state index is -0.309. The normalized spacial score (nSPS) is 15.8. The van der Waals surface area contributed by atoms with Gasteiger partial charge >= 0.3 is 0 Å². The average molecular weight is 428 g/mol. The van der Waals surface area contributed by atoms with Crippen molar-refractivity contribution in [2.75, 3.05) is 32.8 Å². The summed E-state index contributed by atoms with van der Waals surface area (Å²) in [4.78, 5) is 16.6. The number of hydrogen-bond donors (Lipinski definition) is 1. The summed E-state index contributed by atoms with van der Waals surface area (Å²) in [6, 6.07) is 12.7. The lowest BCUT2D eigenvalue weighted by molar-refractivity contribution is 0.0169. The molecule has 4 rings (SSSR count). The molecule has 1 aromatic carbocycles. The molecule has 0 aliphatic carbocycles. The monoisotopic (exact) mass is 427 g/mol. The van der Waals surface area contributed by atoms with Crippen LogP contribution >= 0.6 is 11.3 Å². The number of aromatic nitrogens is 1. The molecule has 1 amide bonds. The predicted octanol–water partition coefficient (Wildman–Crippen LogP) is 4.10. The maximum atomic E-state index is 14.3. The number of nitrogens with one attached hydrogen (secondary N) is 1. The van der Waals surface area contributed by atoms with Crippen LogP contribution < -0.4 is 5.32 Å². The molecule has 3 heterocycles. The molecule has 1 aliphatic heterocycles. The number of hydrogen-bond acceptors (Lipinski definition) is 4. The third-order valence-electron chi connectivity index (χ3n) is 5.58. The van der Waals surface area contributed by atoms with Crippen molar-refractivity contribution >= 4 is 17.2 Å². The van der Waals surface area contributed by atoms with Crippen molar-refractivity contribution in [2.45, 2.75) is 19.9 Å². The van der Waals surface area contributed by atoms with Gasteiger partial charge in [0.15, 0.2) is 0 Å². The minimum absolute atomic E-state index is 0.118. The second kappa shape index (κ2) is 9.12. The Morgan fingerprint density at radius 1 is 1.20 bits per heavy atom. The Hall–Kier alpha value is -2.48. The fraction of sp³-hybridized carbons (Fsp3) is 0.348. The van der Waals surface area contributed by atoms with Crippen LogP contribution in [0.1, 0.15) is 32.7 Å². The zero-order valence-corrected chi connectivity index (χ0v) is 18.0. The minimum Gasteiger partial charge on any atom is -0.379 e. The maximum absolute atomic E-state index is 14.3. The fourth-order valence-electron chi connectivity index (χ4n) is 4.06. The number of para-hydroxylation sites is 1. The molecular formula is C23H26FN3O2S. The molecule has 1 aliphatic rings. The molecule has 1 saturated heterocycles. The van der Waals surface area contributed by atoms with Crippen LogP contribution in [0.5, 0.6) is 0 Å². The van der Waals surface area contributed by atoms with Crippen molar-refractivity contribution in [1.82, 2.24) is 14.8 Å². The molecule has 1 fully saturated rings. The first-order valence-corrected chi connectivity index (χ1v) is 11.0. The van der Waals surface area contributed by atoms with E-state index in [9.17, 15) is 9.18 Å². The number of amides is 1. The zero-order valence-electron chi connectivity index (χ0n) is 17.2. The number of aryl methyl sites for hydroxylation is 1. The van der Waals surface area contributed by atoms with Crippen LogP contribution in [0.25, 0.3) is 5.69 Å². The fourth-order valence-corrected chi connectivity index (χ4v) is 4.92. The SMILES string of the molecule is Cc1cc(C(=O)NCC(c2cccs2)N2CCOCC2)c(C)n1-c1ccccc1F. The third-order valence-corrected chi connectivity index (χ3v) is 6.56. The number of rotatable bonds is 6. The summed E-state index contributed by atoms with van der Waals surface area (Å²) < 4.78 is 21.6. The van der Waals surface area contributed by atoms with Gasteiger partial charge in [-0.3, -0.25) is 9.69 Å². The zero-order chi connectivity index (χ0) is 21.1. The van der Waals surface area contributed by atoms with Gasteiger partial charge in [-0.1, -0.05) is 18.2 Å². The van der Waals surface area contributed by atoms with E-state index in [1.165, 1.54) is 10.9 Å². The van der Waals surface area contributed by atoms with Crippen molar-refractivity contribution in [2.24, 2.45) is 0 Å². The summed E-state index contributed by atoms with van der Waals surface area (Å²) in [5, 5.41) is 5.17.